The van der Waals surface area contributed by atoms with Crippen LogP contribution in [0.15, 0.2) is 24.3 Å². The van der Waals surface area contributed by atoms with Gasteiger partial charge in [-0.3, -0.25) is 9.78 Å². The molecule has 1 fully saturated rings. The zero-order chi connectivity index (χ0) is 18.4. The van der Waals surface area contributed by atoms with Crippen molar-refractivity contribution in [2.45, 2.75) is 32.8 Å². The number of fused-ring (bicyclic) bond motifs is 1. The van der Waals surface area contributed by atoms with Crippen molar-refractivity contribution in [1.82, 2.24) is 9.88 Å². The number of anilines is 1. The number of amides is 1. The van der Waals surface area contributed by atoms with Gasteiger partial charge in [0.2, 0.25) is 5.91 Å². The Labute approximate surface area is 145 Å². The topological polar surface area (TPSA) is 103 Å². The number of hydrogen-bond donors (Lipinski definition) is 1. The molecule has 2 N–H and O–H groups in total. The molecule has 0 saturated carbocycles. The van der Waals surface area contributed by atoms with E-state index in [-0.39, 0.29) is 18.2 Å². The maximum absolute atomic E-state index is 11.4. The van der Waals surface area contributed by atoms with Gasteiger partial charge >= 0.3 is 6.15 Å². The predicted octanol–water partition coefficient (Wildman–Crippen LogP) is 1.93. The third-order valence-corrected chi connectivity index (χ3v) is 4.14. The van der Waals surface area contributed by atoms with E-state index in [2.05, 4.69) is 4.98 Å². The highest BCUT2D eigenvalue weighted by Crippen LogP contribution is 2.32. The Bertz CT molecular complexity index is 792. The normalized spacial score (nSPS) is 14.4. The zero-order valence-electron chi connectivity index (χ0n) is 14.3. The highest BCUT2D eigenvalue weighted by atomic mass is 16.5. The minimum Gasteiger partial charge on any atom is -0.490 e. The standard InChI is InChI=1S/C17H21N3O2.CO2/c1-11-10-14(18)17-15(19-11)4-3-5-16(17)22-13-6-8-20(9-7-13)12(2)21;2-1-3/h3-5,10,13H,6-9H2,1-2H3,(H2,18,19);. The Morgan fingerprint density at radius 1 is 1.32 bits per heavy atom. The highest BCUT2D eigenvalue weighted by Gasteiger charge is 2.22. The average molecular weight is 343 g/mol. The van der Waals surface area contributed by atoms with E-state index in [0.29, 0.717) is 5.69 Å². The molecular formula is C18H21N3O4. The molecule has 3 rings (SSSR count). The Hall–Kier alpha value is -2.92. The molecule has 7 heteroatoms. The number of carbonyl (C=O) groups excluding carboxylic acids is 3. The molecule has 25 heavy (non-hydrogen) atoms. The van der Waals surface area contributed by atoms with Gasteiger partial charge in [-0.1, -0.05) is 6.07 Å². The number of hydrogen-bond acceptors (Lipinski definition) is 6. The summed E-state index contributed by atoms with van der Waals surface area (Å²) in [6, 6.07) is 7.69. The molecule has 0 bridgehead atoms. The first-order valence-electron chi connectivity index (χ1n) is 8.03. The van der Waals surface area contributed by atoms with Crippen LogP contribution < -0.4 is 10.5 Å². The average Bonchev–Trinajstić information content (AvgIpc) is 2.55. The molecule has 1 aliphatic heterocycles. The second-order valence-electron chi connectivity index (χ2n) is 5.91. The fraction of sp³-hybridized carbons (Fsp3) is 0.389. The maximum atomic E-state index is 11.4. The number of nitrogen functional groups attached to an aromatic ring is 1. The summed E-state index contributed by atoms with van der Waals surface area (Å²) in [5.41, 5.74) is 8.60. The van der Waals surface area contributed by atoms with Crippen molar-refractivity contribution >= 4 is 28.6 Å². The number of ether oxygens (including phenoxy) is 1. The summed E-state index contributed by atoms with van der Waals surface area (Å²) in [6.45, 7) is 5.04. The number of nitrogens with two attached hydrogens (primary N) is 1. The van der Waals surface area contributed by atoms with Crippen molar-refractivity contribution in [2.75, 3.05) is 18.8 Å². The number of nitrogens with zero attached hydrogens (tertiary/aromatic N) is 2. The molecule has 0 radical (unpaired) electrons. The first-order chi connectivity index (χ1) is 12.0. The summed E-state index contributed by atoms with van der Waals surface area (Å²) in [7, 11) is 0. The molecule has 0 unspecified atom stereocenters. The van der Waals surface area contributed by atoms with Crippen LogP contribution in [0.2, 0.25) is 0 Å². The van der Waals surface area contributed by atoms with Crippen LogP contribution >= 0.6 is 0 Å². The summed E-state index contributed by atoms with van der Waals surface area (Å²) in [6.07, 6.45) is 2.05. The molecule has 0 spiro atoms. The van der Waals surface area contributed by atoms with E-state index in [4.69, 9.17) is 20.1 Å². The van der Waals surface area contributed by atoms with Gasteiger partial charge in [-0.05, 0) is 25.1 Å². The van der Waals surface area contributed by atoms with Gasteiger partial charge < -0.3 is 15.4 Å². The van der Waals surface area contributed by atoms with Crippen LogP contribution in [0.1, 0.15) is 25.5 Å². The molecule has 132 valence electrons. The van der Waals surface area contributed by atoms with Crippen molar-refractivity contribution in [3.8, 4) is 5.75 Å². The first kappa shape index (κ1) is 18.4. The summed E-state index contributed by atoms with van der Waals surface area (Å²) in [5, 5.41) is 0.877. The SMILES string of the molecule is CC(=O)N1CCC(Oc2cccc3nc(C)cc(N)c23)CC1.O=C=O. The molecule has 7 nitrogen and oxygen atoms in total. The van der Waals surface area contributed by atoms with Crippen LogP contribution in [-0.4, -0.2) is 41.1 Å². The minimum absolute atomic E-state index is 0.113. The molecule has 1 aliphatic rings. The van der Waals surface area contributed by atoms with Crippen LogP contribution in [0.3, 0.4) is 0 Å². The van der Waals surface area contributed by atoms with Gasteiger partial charge in [0.05, 0.1) is 10.9 Å². The molecule has 0 aliphatic carbocycles. The van der Waals surface area contributed by atoms with E-state index in [1.54, 1.807) is 6.92 Å². The van der Waals surface area contributed by atoms with Crippen molar-refractivity contribution in [2.24, 2.45) is 0 Å². The lowest BCUT2D eigenvalue weighted by atomic mass is 10.1. The number of carbonyl (C=O) groups is 1. The lowest BCUT2D eigenvalue weighted by Gasteiger charge is -2.31. The molecule has 1 aromatic heterocycles. The van der Waals surface area contributed by atoms with E-state index in [0.717, 1.165) is 48.3 Å². The molecule has 2 aromatic rings. The van der Waals surface area contributed by atoms with E-state index in [9.17, 15) is 4.79 Å². The van der Waals surface area contributed by atoms with Gasteiger partial charge in [0.15, 0.2) is 0 Å². The third-order valence-electron chi connectivity index (χ3n) is 4.14. The third kappa shape index (κ3) is 4.55. The largest absolute Gasteiger partial charge is 0.490 e. The number of rotatable bonds is 2. The Kier molecular flexibility index (Phi) is 6.08. The van der Waals surface area contributed by atoms with Crippen LogP contribution in [0.5, 0.6) is 5.75 Å². The van der Waals surface area contributed by atoms with Gasteiger partial charge in [0, 0.05) is 44.2 Å². The first-order valence-corrected chi connectivity index (χ1v) is 8.03. The second kappa shape index (κ2) is 8.26. The van der Waals surface area contributed by atoms with Gasteiger partial charge in [-0.25, -0.2) is 0 Å². The Balaban J connectivity index is 0.000000701. The number of benzene rings is 1. The fourth-order valence-corrected chi connectivity index (χ4v) is 2.99. The van der Waals surface area contributed by atoms with Crippen molar-refractivity contribution < 1.29 is 19.1 Å². The molecule has 2 heterocycles. The van der Waals surface area contributed by atoms with Gasteiger partial charge in [-0.2, -0.15) is 9.59 Å². The lowest BCUT2D eigenvalue weighted by Crippen LogP contribution is -2.40. The molecule has 1 saturated heterocycles. The van der Waals surface area contributed by atoms with Crippen LogP contribution in [-0.2, 0) is 14.4 Å². The highest BCUT2D eigenvalue weighted by molar-refractivity contribution is 5.95. The van der Waals surface area contributed by atoms with Crippen molar-refractivity contribution in [3.05, 3.63) is 30.0 Å². The van der Waals surface area contributed by atoms with E-state index >= 15 is 0 Å². The molecule has 1 amide bonds. The van der Waals surface area contributed by atoms with Gasteiger partial charge in [-0.15, -0.1) is 0 Å². The summed E-state index contributed by atoms with van der Waals surface area (Å²) < 4.78 is 6.16. The van der Waals surface area contributed by atoms with Gasteiger partial charge in [0.25, 0.3) is 0 Å². The monoisotopic (exact) mass is 343 g/mol. The second-order valence-corrected chi connectivity index (χ2v) is 5.91. The summed E-state index contributed by atoms with van der Waals surface area (Å²) >= 11 is 0. The predicted molar refractivity (Wildman–Crippen MR) is 91.8 cm³/mol. The Morgan fingerprint density at radius 3 is 2.56 bits per heavy atom. The van der Waals surface area contributed by atoms with Crippen LogP contribution in [0, 0.1) is 6.92 Å². The minimum atomic E-state index is 0.113. The number of aromatic nitrogens is 1. The lowest BCUT2D eigenvalue weighted by molar-refractivity contribution is -0.191. The maximum Gasteiger partial charge on any atom is 0.373 e. The number of likely N-dealkylation sites (tertiary alicyclic amines) is 1. The van der Waals surface area contributed by atoms with Crippen LogP contribution in [0.4, 0.5) is 5.69 Å². The number of piperidine rings is 1. The fourth-order valence-electron chi connectivity index (χ4n) is 2.99. The van der Waals surface area contributed by atoms with E-state index < -0.39 is 0 Å². The van der Waals surface area contributed by atoms with Gasteiger partial charge in [0.1, 0.15) is 11.9 Å². The smallest absolute Gasteiger partial charge is 0.373 e. The quantitative estimate of drug-likeness (QED) is 0.894. The number of pyridine rings is 1. The summed E-state index contributed by atoms with van der Waals surface area (Å²) in [5.74, 6) is 0.913. The van der Waals surface area contributed by atoms with E-state index in [1.807, 2.05) is 36.1 Å². The summed E-state index contributed by atoms with van der Waals surface area (Å²) in [4.78, 5) is 34.0. The van der Waals surface area contributed by atoms with Crippen molar-refractivity contribution in [1.29, 1.82) is 0 Å². The zero-order valence-corrected chi connectivity index (χ0v) is 14.3. The number of aryl methyl sites for hydroxylation is 1. The van der Waals surface area contributed by atoms with Crippen molar-refractivity contribution in [3.63, 3.8) is 0 Å². The van der Waals surface area contributed by atoms with E-state index in [1.165, 1.54) is 0 Å². The molecular weight excluding hydrogens is 322 g/mol. The molecule has 1 aromatic carbocycles. The molecule has 0 atom stereocenters. The van der Waals surface area contributed by atoms with Crippen LogP contribution in [0.25, 0.3) is 10.9 Å². The Morgan fingerprint density at radius 2 is 1.96 bits per heavy atom.